The second-order valence-electron chi connectivity index (χ2n) is 5.05. The molecule has 1 aliphatic rings. The highest BCUT2D eigenvalue weighted by Gasteiger charge is 2.34. The zero-order valence-corrected chi connectivity index (χ0v) is 12.8. The first kappa shape index (κ1) is 16.4. The Hall–Kier alpha value is -2.41. The highest BCUT2D eigenvalue weighted by Crippen LogP contribution is 2.36. The van der Waals surface area contributed by atoms with Crippen molar-refractivity contribution in [2.24, 2.45) is 0 Å². The lowest BCUT2D eigenvalue weighted by atomic mass is 10.2. The Balaban J connectivity index is 1.74. The third-order valence-electron chi connectivity index (χ3n) is 3.34. The lowest BCUT2D eigenvalue weighted by Gasteiger charge is -2.25. The summed E-state index contributed by atoms with van der Waals surface area (Å²) >= 11 is 5.54. The summed E-state index contributed by atoms with van der Waals surface area (Å²) in [6.45, 7) is -0.0391. The van der Waals surface area contributed by atoms with E-state index in [9.17, 15) is 18.0 Å². The van der Waals surface area contributed by atoms with E-state index in [-0.39, 0.29) is 12.3 Å². The van der Waals surface area contributed by atoms with Crippen LogP contribution in [0, 0.1) is 0 Å². The van der Waals surface area contributed by atoms with Crippen LogP contribution in [0.3, 0.4) is 0 Å². The number of amides is 1. The number of hydrogen-bond donors (Lipinski definition) is 1. The van der Waals surface area contributed by atoms with Gasteiger partial charge in [0.15, 0.2) is 11.5 Å². The van der Waals surface area contributed by atoms with Crippen LogP contribution in [-0.4, -0.2) is 18.6 Å². The van der Waals surface area contributed by atoms with E-state index in [0.717, 1.165) is 12.1 Å². The summed E-state index contributed by atoms with van der Waals surface area (Å²) in [5.74, 6) is 0.295. The smallest absolute Gasteiger partial charge is 0.417 e. The van der Waals surface area contributed by atoms with Crippen LogP contribution in [0.25, 0.3) is 0 Å². The Morgan fingerprint density at radius 3 is 2.58 bits per heavy atom. The fourth-order valence-corrected chi connectivity index (χ4v) is 2.42. The molecule has 0 spiro atoms. The van der Waals surface area contributed by atoms with Crippen LogP contribution in [0.1, 0.15) is 5.56 Å². The lowest BCUT2D eigenvalue weighted by Crippen LogP contribution is -2.40. The molecule has 0 saturated heterocycles. The number of ether oxygens (including phenoxy) is 2. The summed E-state index contributed by atoms with van der Waals surface area (Å²) in [6.07, 6.45) is -5.58. The fraction of sp³-hybridized carbons (Fsp3) is 0.188. The maximum Gasteiger partial charge on any atom is 0.417 e. The van der Waals surface area contributed by atoms with Crippen molar-refractivity contribution >= 4 is 23.2 Å². The molecule has 1 atom stereocenters. The summed E-state index contributed by atoms with van der Waals surface area (Å²) in [5, 5.41) is 1.94. The number of nitrogens with one attached hydrogen (secondary N) is 1. The van der Waals surface area contributed by atoms with Gasteiger partial charge in [0.2, 0.25) is 6.10 Å². The summed E-state index contributed by atoms with van der Waals surface area (Å²) in [4.78, 5) is 12.2. The van der Waals surface area contributed by atoms with E-state index in [4.69, 9.17) is 21.1 Å². The summed E-state index contributed by atoms with van der Waals surface area (Å²) < 4.78 is 49.4. The standard InChI is InChI=1S/C16H11ClF3NO3/c17-11-6-5-9(7-10(11)16(18,19)20)21-15(22)14-8-23-12-3-1-2-4-13(12)24-14/h1-7,14H,8H2,(H,21,22). The van der Waals surface area contributed by atoms with Crippen molar-refractivity contribution < 1.29 is 27.4 Å². The van der Waals surface area contributed by atoms with Crippen molar-refractivity contribution in [3.63, 3.8) is 0 Å². The second kappa shape index (κ2) is 6.24. The molecule has 0 bridgehead atoms. The van der Waals surface area contributed by atoms with Gasteiger partial charge in [-0.15, -0.1) is 0 Å². The maximum absolute atomic E-state index is 12.8. The topological polar surface area (TPSA) is 47.6 Å². The van der Waals surface area contributed by atoms with Crippen molar-refractivity contribution in [2.45, 2.75) is 12.3 Å². The van der Waals surface area contributed by atoms with Crippen molar-refractivity contribution in [1.82, 2.24) is 0 Å². The lowest BCUT2D eigenvalue weighted by molar-refractivity contribution is -0.137. The summed E-state index contributed by atoms with van der Waals surface area (Å²) in [7, 11) is 0. The minimum Gasteiger partial charge on any atom is -0.485 e. The SMILES string of the molecule is O=C(Nc1ccc(Cl)c(C(F)(F)F)c1)C1COc2ccccc2O1. The number of fused-ring (bicyclic) bond motifs is 1. The zero-order valence-electron chi connectivity index (χ0n) is 12.1. The van der Waals surface area contributed by atoms with Crippen LogP contribution in [0.4, 0.5) is 18.9 Å². The Bertz CT molecular complexity index is 779. The van der Waals surface area contributed by atoms with E-state index in [1.807, 2.05) is 0 Å². The van der Waals surface area contributed by atoms with Crippen LogP contribution in [-0.2, 0) is 11.0 Å². The molecular formula is C16H11ClF3NO3. The van der Waals surface area contributed by atoms with Crippen LogP contribution in [0.2, 0.25) is 5.02 Å². The van der Waals surface area contributed by atoms with Crippen molar-refractivity contribution in [2.75, 3.05) is 11.9 Å². The first-order valence-electron chi connectivity index (χ1n) is 6.90. The average molecular weight is 358 g/mol. The number of hydrogen-bond acceptors (Lipinski definition) is 3. The van der Waals surface area contributed by atoms with Crippen LogP contribution >= 0.6 is 11.6 Å². The molecule has 3 rings (SSSR count). The van der Waals surface area contributed by atoms with Gasteiger partial charge in [-0.05, 0) is 30.3 Å². The Kier molecular flexibility index (Phi) is 4.28. The third kappa shape index (κ3) is 3.41. The molecule has 0 radical (unpaired) electrons. The molecule has 1 aliphatic heterocycles. The number of carbonyl (C=O) groups excluding carboxylic acids is 1. The van der Waals surface area contributed by atoms with Gasteiger partial charge in [-0.3, -0.25) is 4.79 Å². The van der Waals surface area contributed by atoms with Crippen LogP contribution in [0.5, 0.6) is 11.5 Å². The highest BCUT2D eigenvalue weighted by molar-refractivity contribution is 6.31. The number of benzene rings is 2. The van der Waals surface area contributed by atoms with Gasteiger partial charge in [0, 0.05) is 5.69 Å². The molecule has 2 aromatic carbocycles. The molecular weight excluding hydrogens is 347 g/mol. The van der Waals surface area contributed by atoms with E-state index in [1.54, 1.807) is 24.3 Å². The van der Waals surface area contributed by atoms with Gasteiger partial charge in [-0.2, -0.15) is 13.2 Å². The molecule has 0 aromatic heterocycles. The van der Waals surface area contributed by atoms with Gasteiger partial charge in [0.25, 0.3) is 5.91 Å². The van der Waals surface area contributed by atoms with Gasteiger partial charge in [0.05, 0.1) is 10.6 Å². The second-order valence-corrected chi connectivity index (χ2v) is 5.45. The molecule has 0 fully saturated rings. The largest absolute Gasteiger partial charge is 0.485 e. The molecule has 4 nitrogen and oxygen atoms in total. The van der Waals surface area contributed by atoms with E-state index in [2.05, 4.69) is 5.32 Å². The number of rotatable bonds is 2. The predicted molar refractivity (Wildman–Crippen MR) is 81.4 cm³/mol. The average Bonchev–Trinajstić information content (AvgIpc) is 2.55. The summed E-state index contributed by atoms with van der Waals surface area (Å²) in [5.41, 5.74) is -1.05. The minimum absolute atomic E-state index is 0.0285. The number of carbonyl (C=O) groups is 1. The Labute approximate surface area is 140 Å². The van der Waals surface area contributed by atoms with Crippen LogP contribution in [0.15, 0.2) is 42.5 Å². The van der Waals surface area contributed by atoms with E-state index in [0.29, 0.717) is 11.5 Å². The van der Waals surface area contributed by atoms with Crippen LogP contribution < -0.4 is 14.8 Å². The normalized spacial score (nSPS) is 16.6. The van der Waals surface area contributed by atoms with Gasteiger partial charge in [-0.1, -0.05) is 23.7 Å². The van der Waals surface area contributed by atoms with E-state index < -0.39 is 28.8 Å². The number of anilines is 1. The number of alkyl halides is 3. The monoisotopic (exact) mass is 357 g/mol. The Morgan fingerprint density at radius 1 is 1.17 bits per heavy atom. The first-order chi connectivity index (χ1) is 11.3. The molecule has 1 heterocycles. The maximum atomic E-state index is 12.8. The predicted octanol–water partition coefficient (Wildman–Crippen LogP) is 4.14. The van der Waals surface area contributed by atoms with Crippen molar-refractivity contribution in [1.29, 1.82) is 0 Å². The van der Waals surface area contributed by atoms with Crippen molar-refractivity contribution in [3.8, 4) is 11.5 Å². The molecule has 1 N–H and O–H groups in total. The first-order valence-corrected chi connectivity index (χ1v) is 7.28. The molecule has 1 unspecified atom stereocenters. The van der Waals surface area contributed by atoms with E-state index in [1.165, 1.54) is 6.07 Å². The quantitative estimate of drug-likeness (QED) is 0.878. The third-order valence-corrected chi connectivity index (χ3v) is 3.67. The number of halogens is 4. The minimum atomic E-state index is -4.61. The molecule has 126 valence electrons. The fourth-order valence-electron chi connectivity index (χ4n) is 2.19. The van der Waals surface area contributed by atoms with Gasteiger partial charge >= 0.3 is 6.18 Å². The van der Waals surface area contributed by atoms with Gasteiger partial charge in [-0.25, -0.2) is 0 Å². The molecule has 1 amide bonds. The Morgan fingerprint density at radius 2 is 1.88 bits per heavy atom. The molecule has 0 aliphatic carbocycles. The molecule has 0 saturated carbocycles. The van der Waals surface area contributed by atoms with Gasteiger partial charge < -0.3 is 14.8 Å². The van der Waals surface area contributed by atoms with Crippen molar-refractivity contribution in [3.05, 3.63) is 53.1 Å². The number of para-hydroxylation sites is 2. The zero-order chi connectivity index (χ0) is 17.3. The summed E-state index contributed by atoms with van der Waals surface area (Å²) in [6, 6.07) is 9.95. The van der Waals surface area contributed by atoms with Gasteiger partial charge in [0.1, 0.15) is 6.61 Å². The molecule has 8 heteroatoms. The molecule has 2 aromatic rings. The molecule has 24 heavy (non-hydrogen) atoms. The highest BCUT2D eigenvalue weighted by atomic mass is 35.5. The van der Waals surface area contributed by atoms with E-state index >= 15 is 0 Å².